The van der Waals surface area contributed by atoms with Gasteiger partial charge in [0.25, 0.3) is 5.91 Å². The van der Waals surface area contributed by atoms with Crippen molar-refractivity contribution in [2.24, 2.45) is 0 Å². The quantitative estimate of drug-likeness (QED) is 0.649. The Labute approximate surface area is 115 Å². The number of phenolic OH excluding ortho intramolecular Hbond substituents is 1. The van der Waals surface area contributed by atoms with E-state index in [1.165, 1.54) is 6.07 Å². The van der Waals surface area contributed by atoms with Gasteiger partial charge in [0, 0.05) is 18.5 Å². The normalized spacial score (nSPS) is 10.1. The van der Waals surface area contributed by atoms with Crippen LogP contribution in [0.2, 0.25) is 0 Å². The van der Waals surface area contributed by atoms with Gasteiger partial charge in [-0.2, -0.15) is 0 Å². The summed E-state index contributed by atoms with van der Waals surface area (Å²) in [6, 6.07) is 12.2. The zero-order valence-electron chi connectivity index (χ0n) is 10.2. The first-order valence-corrected chi connectivity index (χ1v) is 6.86. The molecule has 1 aromatic heterocycles. The smallest absolute Gasteiger partial charge is 0.255 e. The Balaban J connectivity index is 1.77. The number of thioether (sulfide) groups is 1. The Morgan fingerprint density at radius 2 is 2.00 bits per heavy atom. The van der Waals surface area contributed by atoms with Crippen LogP contribution in [-0.4, -0.2) is 28.3 Å². The van der Waals surface area contributed by atoms with Gasteiger partial charge in [0.1, 0.15) is 5.75 Å². The first-order chi connectivity index (χ1) is 9.27. The van der Waals surface area contributed by atoms with E-state index in [9.17, 15) is 9.90 Å². The molecule has 2 aromatic rings. The lowest BCUT2D eigenvalue weighted by molar-refractivity contribution is 0.0953. The molecule has 0 unspecified atom stereocenters. The van der Waals surface area contributed by atoms with Crippen molar-refractivity contribution in [1.82, 2.24) is 10.3 Å². The largest absolute Gasteiger partial charge is 0.507 e. The van der Waals surface area contributed by atoms with E-state index in [-0.39, 0.29) is 11.7 Å². The molecule has 5 heteroatoms. The van der Waals surface area contributed by atoms with Crippen LogP contribution in [0.4, 0.5) is 0 Å². The highest BCUT2D eigenvalue weighted by molar-refractivity contribution is 7.99. The number of aromatic hydroxyl groups is 1. The van der Waals surface area contributed by atoms with E-state index in [0.717, 1.165) is 10.8 Å². The van der Waals surface area contributed by atoms with Gasteiger partial charge in [0.05, 0.1) is 10.6 Å². The van der Waals surface area contributed by atoms with Crippen molar-refractivity contribution >= 4 is 17.7 Å². The standard InChI is InChI=1S/C14H14N2O2S/c17-12-6-2-1-5-11(12)14(18)16-9-10-19-13-7-3-4-8-15-13/h1-8,17H,9-10H2,(H,16,18). The van der Waals surface area contributed by atoms with E-state index in [1.54, 1.807) is 36.2 Å². The molecule has 0 saturated carbocycles. The van der Waals surface area contributed by atoms with E-state index >= 15 is 0 Å². The molecular formula is C14H14N2O2S. The summed E-state index contributed by atoms with van der Waals surface area (Å²) in [5, 5.41) is 13.2. The van der Waals surface area contributed by atoms with Crippen LogP contribution in [0.1, 0.15) is 10.4 Å². The summed E-state index contributed by atoms with van der Waals surface area (Å²) in [6.07, 6.45) is 1.74. The number of nitrogens with zero attached hydrogens (tertiary/aromatic N) is 1. The number of nitrogens with one attached hydrogen (secondary N) is 1. The van der Waals surface area contributed by atoms with Crippen molar-refractivity contribution in [2.45, 2.75) is 5.03 Å². The number of carbonyl (C=O) groups excluding carboxylic acids is 1. The highest BCUT2D eigenvalue weighted by Gasteiger charge is 2.08. The number of aromatic nitrogens is 1. The summed E-state index contributed by atoms with van der Waals surface area (Å²) in [5.74, 6) is 0.466. The molecule has 0 atom stereocenters. The molecule has 19 heavy (non-hydrogen) atoms. The summed E-state index contributed by atoms with van der Waals surface area (Å²) in [4.78, 5) is 16.0. The average molecular weight is 274 g/mol. The summed E-state index contributed by atoms with van der Waals surface area (Å²) < 4.78 is 0. The molecule has 1 amide bonds. The van der Waals surface area contributed by atoms with Gasteiger partial charge in [-0.05, 0) is 24.3 Å². The highest BCUT2D eigenvalue weighted by Crippen LogP contribution is 2.15. The number of phenols is 1. The van der Waals surface area contributed by atoms with Gasteiger partial charge < -0.3 is 10.4 Å². The van der Waals surface area contributed by atoms with E-state index in [4.69, 9.17) is 0 Å². The second-order valence-corrected chi connectivity index (χ2v) is 4.90. The van der Waals surface area contributed by atoms with Crippen molar-refractivity contribution in [3.8, 4) is 5.75 Å². The SMILES string of the molecule is O=C(NCCSc1ccccn1)c1ccccc1O. The average Bonchev–Trinajstić information content (AvgIpc) is 2.45. The molecule has 0 saturated heterocycles. The molecule has 0 aliphatic carbocycles. The number of hydrogen-bond donors (Lipinski definition) is 2. The summed E-state index contributed by atoms with van der Waals surface area (Å²) >= 11 is 1.57. The Hall–Kier alpha value is -2.01. The lowest BCUT2D eigenvalue weighted by atomic mass is 10.2. The molecule has 2 rings (SSSR count). The van der Waals surface area contributed by atoms with Crippen molar-refractivity contribution < 1.29 is 9.90 Å². The minimum Gasteiger partial charge on any atom is -0.507 e. The summed E-state index contributed by atoms with van der Waals surface area (Å²) in [7, 11) is 0. The molecule has 0 fully saturated rings. The van der Waals surface area contributed by atoms with Crippen LogP contribution in [0.25, 0.3) is 0 Å². The fourth-order valence-corrected chi connectivity index (χ4v) is 2.24. The third-order valence-corrected chi connectivity index (χ3v) is 3.37. The minimum absolute atomic E-state index is 0.00243. The maximum absolute atomic E-state index is 11.8. The maximum atomic E-state index is 11.8. The van der Waals surface area contributed by atoms with Crippen LogP contribution >= 0.6 is 11.8 Å². The fraction of sp³-hybridized carbons (Fsp3) is 0.143. The van der Waals surface area contributed by atoms with Crippen LogP contribution in [0.15, 0.2) is 53.7 Å². The molecule has 0 radical (unpaired) electrons. The van der Waals surface area contributed by atoms with Crippen LogP contribution < -0.4 is 5.32 Å². The molecule has 4 nitrogen and oxygen atoms in total. The van der Waals surface area contributed by atoms with Crippen LogP contribution in [0.5, 0.6) is 5.75 Å². The lowest BCUT2D eigenvalue weighted by Crippen LogP contribution is -2.25. The fourth-order valence-electron chi connectivity index (χ4n) is 1.51. The van der Waals surface area contributed by atoms with Crippen molar-refractivity contribution in [3.05, 3.63) is 54.2 Å². The third kappa shape index (κ3) is 3.99. The number of para-hydroxylation sites is 1. The molecule has 0 aliphatic rings. The molecule has 0 aliphatic heterocycles. The van der Waals surface area contributed by atoms with Crippen molar-refractivity contribution in [2.75, 3.05) is 12.3 Å². The van der Waals surface area contributed by atoms with Gasteiger partial charge in [-0.25, -0.2) is 4.98 Å². The number of pyridine rings is 1. The van der Waals surface area contributed by atoms with Gasteiger partial charge >= 0.3 is 0 Å². The minimum atomic E-state index is -0.264. The first-order valence-electron chi connectivity index (χ1n) is 5.87. The second kappa shape index (κ2) is 6.80. The predicted molar refractivity (Wildman–Crippen MR) is 75.4 cm³/mol. The molecular weight excluding hydrogens is 260 g/mol. The Morgan fingerprint density at radius 3 is 2.74 bits per heavy atom. The number of carbonyl (C=O) groups is 1. The number of benzene rings is 1. The van der Waals surface area contributed by atoms with E-state index in [1.807, 2.05) is 18.2 Å². The first kappa shape index (κ1) is 13.4. The molecule has 0 spiro atoms. The Morgan fingerprint density at radius 1 is 1.21 bits per heavy atom. The van der Waals surface area contributed by atoms with Crippen molar-refractivity contribution in [1.29, 1.82) is 0 Å². The van der Waals surface area contributed by atoms with E-state index in [0.29, 0.717) is 12.1 Å². The number of amides is 1. The molecule has 98 valence electrons. The molecule has 1 aromatic carbocycles. The van der Waals surface area contributed by atoms with Crippen LogP contribution in [-0.2, 0) is 0 Å². The van der Waals surface area contributed by atoms with Gasteiger partial charge in [-0.3, -0.25) is 4.79 Å². The van der Waals surface area contributed by atoms with E-state index in [2.05, 4.69) is 10.3 Å². The van der Waals surface area contributed by atoms with Gasteiger partial charge in [0.2, 0.25) is 0 Å². The van der Waals surface area contributed by atoms with Gasteiger partial charge in [0.15, 0.2) is 0 Å². The zero-order valence-corrected chi connectivity index (χ0v) is 11.1. The molecule has 1 heterocycles. The Bertz CT molecular complexity index is 546. The Kier molecular flexibility index (Phi) is 4.80. The van der Waals surface area contributed by atoms with Crippen molar-refractivity contribution in [3.63, 3.8) is 0 Å². The zero-order chi connectivity index (χ0) is 13.5. The van der Waals surface area contributed by atoms with Gasteiger partial charge in [-0.15, -0.1) is 11.8 Å². The maximum Gasteiger partial charge on any atom is 0.255 e. The number of hydrogen-bond acceptors (Lipinski definition) is 4. The molecule has 2 N–H and O–H groups in total. The summed E-state index contributed by atoms with van der Waals surface area (Å²) in [5.41, 5.74) is 0.297. The van der Waals surface area contributed by atoms with E-state index < -0.39 is 0 Å². The summed E-state index contributed by atoms with van der Waals surface area (Å²) in [6.45, 7) is 0.522. The topological polar surface area (TPSA) is 62.2 Å². The van der Waals surface area contributed by atoms with Crippen LogP contribution in [0.3, 0.4) is 0 Å². The monoisotopic (exact) mass is 274 g/mol. The molecule has 0 bridgehead atoms. The highest BCUT2D eigenvalue weighted by atomic mass is 32.2. The number of rotatable bonds is 5. The second-order valence-electron chi connectivity index (χ2n) is 3.79. The lowest BCUT2D eigenvalue weighted by Gasteiger charge is -2.06. The predicted octanol–water partition coefficient (Wildman–Crippen LogP) is 2.31. The van der Waals surface area contributed by atoms with Crippen LogP contribution in [0, 0.1) is 0 Å². The third-order valence-electron chi connectivity index (χ3n) is 2.42. The van der Waals surface area contributed by atoms with Gasteiger partial charge in [-0.1, -0.05) is 18.2 Å².